The molecule has 0 spiro atoms. The SMILES string of the molecule is CC(C)(C)Oc1ccc([S+](c2ccccc2OCc2ccncc2)c2ccccc2OCc2ccncc2)cc1.O=S(=O)([O-])C(F)(F)F. The normalized spacial score (nSPS) is 11.8. The Morgan fingerprint density at radius 3 is 1.44 bits per heavy atom. The summed E-state index contributed by atoms with van der Waals surface area (Å²) in [6, 6.07) is 32.8. The number of para-hydroxylation sites is 2. The van der Waals surface area contributed by atoms with E-state index in [1.807, 2.05) is 60.7 Å². The zero-order chi connectivity index (χ0) is 34.8. The maximum atomic E-state index is 10.7. The van der Waals surface area contributed by atoms with Crippen molar-refractivity contribution in [1.29, 1.82) is 0 Å². The summed E-state index contributed by atoms with van der Waals surface area (Å²) < 4.78 is 77.8. The number of pyridine rings is 2. The summed E-state index contributed by atoms with van der Waals surface area (Å²) in [5.41, 5.74) is -3.79. The number of hydrogen-bond acceptors (Lipinski definition) is 8. The number of aromatic nitrogens is 2. The first-order chi connectivity index (χ1) is 22.7. The number of halogens is 3. The van der Waals surface area contributed by atoms with Crippen LogP contribution in [0.25, 0.3) is 0 Å². The van der Waals surface area contributed by atoms with Gasteiger partial charge in [0.25, 0.3) is 0 Å². The molecule has 2 heterocycles. The van der Waals surface area contributed by atoms with Crippen LogP contribution in [0.2, 0.25) is 0 Å². The van der Waals surface area contributed by atoms with Crippen LogP contribution in [0.3, 0.4) is 0 Å². The summed E-state index contributed by atoms with van der Waals surface area (Å²) >= 11 is 0. The third-order valence-electron chi connectivity index (χ3n) is 6.19. The molecule has 13 heteroatoms. The van der Waals surface area contributed by atoms with Gasteiger partial charge in [-0.25, -0.2) is 8.42 Å². The molecule has 0 fully saturated rings. The van der Waals surface area contributed by atoms with E-state index in [9.17, 15) is 13.2 Å². The van der Waals surface area contributed by atoms with Gasteiger partial charge >= 0.3 is 5.51 Å². The lowest BCUT2D eigenvalue weighted by atomic mass is 10.2. The van der Waals surface area contributed by atoms with Gasteiger partial charge in [0, 0.05) is 24.8 Å². The Balaban J connectivity index is 0.000000579. The largest absolute Gasteiger partial charge is 0.741 e. The van der Waals surface area contributed by atoms with Gasteiger partial charge in [0.1, 0.15) is 35.5 Å². The van der Waals surface area contributed by atoms with E-state index in [1.54, 1.807) is 24.8 Å². The van der Waals surface area contributed by atoms with E-state index >= 15 is 0 Å². The van der Waals surface area contributed by atoms with Crippen LogP contribution < -0.4 is 14.2 Å². The van der Waals surface area contributed by atoms with Crippen molar-refractivity contribution in [2.45, 2.75) is 59.8 Å². The first-order valence-corrected chi connectivity index (χ1v) is 17.1. The molecule has 0 saturated carbocycles. The molecule has 0 aliphatic carbocycles. The summed E-state index contributed by atoms with van der Waals surface area (Å²) in [6.45, 7) is 7.07. The average molecular weight is 699 g/mol. The van der Waals surface area contributed by atoms with Gasteiger partial charge < -0.3 is 18.8 Å². The monoisotopic (exact) mass is 698 g/mol. The highest BCUT2D eigenvalue weighted by Gasteiger charge is 2.37. The number of rotatable bonds is 10. The fourth-order valence-corrected chi connectivity index (χ4v) is 6.36. The quantitative estimate of drug-likeness (QED) is 0.0821. The highest BCUT2D eigenvalue weighted by Crippen LogP contribution is 2.41. The van der Waals surface area contributed by atoms with Crippen molar-refractivity contribution >= 4 is 21.0 Å². The molecule has 2 aromatic heterocycles. The smallest absolute Gasteiger partial charge is 0.485 e. The molecule has 0 N–H and O–H groups in total. The van der Waals surface area contributed by atoms with E-state index in [2.05, 4.69) is 67.1 Å². The molecule has 8 nitrogen and oxygen atoms in total. The van der Waals surface area contributed by atoms with Crippen molar-refractivity contribution in [3.05, 3.63) is 133 Å². The average Bonchev–Trinajstić information content (AvgIpc) is 3.04. The first-order valence-electron chi connectivity index (χ1n) is 14.5. The molecule has 3 aromatic carbocycles. The molecule has 252 valence electrons. The van der Waals surface area contributed by atoms with Crippen molar-refractivity contribution in [3.8, 4) is 17.2 Å². The van der Waals surface area contributed by atoms with Crippen molar-refractivity contribution in [2.24, 2.45) is 0 Å². The van der Waals surface area contributed by atoms with E-state index in [4.69, 9.17) is 27.2 Å². The Hall–Kier alpha value is -4.59. The summed E-state index contributed by atoms with van der Waals surface area (Å²) in [7, 11) is -6.61. The van der Waals surface area contributed by atoms with Gasteiger partial charge in [0.15, 0.2) is 26.5 Å². The van der Waals surface area contributed by atoms with Gasteiger partial charge in [-0.05, 0) is 105 Å². The predicted molar refractivity (Wildman–Crippen MR) is 175 cm³/mol. The molecule has 0 unspecified atom stereocenters. The molecule has 5 rings (SSSR count). The van der Waals surface area contributed by atoms with Gasteiger partial charge in [-0.1, -0.05) is 24.3 Å². The molecular formula is C35H33F3N2O6S2. The fraction of sp³-hybridized carbons (Fsp3) is 0.200. The Morgan fingerprint density at radius 2 is 1.06 bits per heavy atom. The van der Waals surface area contributed by atoms with Crippen molar-refractivity contribution in [1.82, 2.24) is 9.97 Å². The second-order valence-corrected chi connectivity index (χ2v) is 14.4. The van der Waals surface area contributed by atoms with Crippen molar-refractivity contribution in [3.63, 3.8) is 0 Å². The van der Waals surface area contributed by atoms with E-state index < -0.39 is 26.5 Å². The third-order valence-corrected chi connectivity index (χ3v) is 9.06. The molecule has 0 radical (unpaired) electrons. The topological polar surface area (TPSA) is 111 Å². The van der Waals surface area contributed by atoms with Crippen LogP contribution in [0.15, 0.2) is 137 Å². The molecule has 5 aromatic rings. The predicted octanol–water partition coefficient (Wildman–Crippen LogP) is 7.96. The lowest BCUT2D eigenvalue weighted by molar-refractivity contribution is -0.0517. The van der Waals surface area contributed by atoms with E-state index in [0.29, 0.717) is 13.2 Å². The Morgan fingerprint density at radius 1 is 0.667 bits per heavy atom. The van der Waals surface area contributed by atoms with Crippen LogP contribution in [0, 0.1) is 0 Å². The van der Waals surface area contributed by atoms with Gasteiger partial charge in [0.05, 0.1) is 0 Å². The number of nitrogens with zero attached hydrogens (tertiary/aromatic N) is 2. The number of benzene rings is 3. The van der Waals surface area contributed by atoms with Crippen LogP contribution in [-0.4, -0.2) is 34.0 Å². The van der Waals surface area contributed by atoms with Crippen molar-refractivity contribution < 1.29 is 40.4 Å². The van der Waals surface area contributed by atoms with Crippen LogP contribution in [0.4, 0.5) is 13.2 Å². The third kappa shape index (κ3) is 10.7. The lowest BCUT2D eigenvalue weighted by Gasteiger charge is -2.21. The minimum absolute atomic E-state index is 0.274. The van der Waals surface area contributed by atoms with E-state index in [0.717, 1.165) is 43.1 Å². The Bertz CT molecular complexity index is 1770. The zero-order valence-electron chi connectivity index (χ0n) is 26.3. The second-order valence-electron chi connectivity index (χ2n) is 11.1. The molecule has 0 aliphatic rings. The highest BCUT2D eigenvalue weighted by atomic mass is 32.2. The summed E-state index contributed by atoms with van der Waals surface area (Å²) in [6.07, 6.45) is 7.14. The van der Waals surface area contributed by atoms with Crippen LogP contribution in [0.1, 0.15) is 31.9 Å². The maximum absolute atomic E-state index is 10.7. The lowest BCUT2D eigenvalue weighted by Crippen LogP contribution is -2.22. The first kappa shape index (κ1) is 36.2. The Labute approximate surface area is 280 Å². The fourth-order valence-electron chi connectivity index (χ4n) is 4.13. The van der Waals surface area contributed by atoms with Crippen LogP contribution in [-0.2, 0) is 34.2 Å². The Kier molecular flexibility index (Phi) is 12.1. The number of ether oxygens (including phenoxy) is 3. The number of alkyl halides is 3. The zero-order valence-corrected chi connectivity index (χ0v) is 27.9. The molecule has 0 aliphatic heterocycles. The van der Waals surface area contributed by atoms with Crippen molar-refractivity contribution in [2.75, 3.05) is 0 Å². The van der Waals surface area contributed by atoms with Gasteiger partial charge in [0.2, 0.25) is 9.79 Å². The van der Waals surface area contributed by atoms with Gasteiger partial charge in [-0.2, -0.15) is 13.2 Å². The van der Waals surface area contributed by atoms with Crippen LogP contribution in [0.5, 0.6) is 17.2 Å². The molecule has 0 bridgehead atoms. The van der Waals surface area contributed by atoms with E-state index in [1.165, 1.54) is 0 Å². The highest BCUT2D eigenvalue weighted by molar-refractivity contribution is 7.97. The van der Waals surface area contributed by atoms with Crippen LogP contribution >= 0.6 is 0 Å². The molecule has 48 heavy (non-hydrogen) atoms. The standard InChI is InChI=1S/C34H33N2O3S.CHF3O3S/c1-34(2,3)39-28-12-14-29(15-13-28)40(32-10-6-4-8-30(32)37-24-26-16-20-35-21-17-26)33-11-7-5-9-31(33)38-25-27-18-22-36-23-19-27;2-1(3,4)8(5,6)7/h4-23H,24-25H2,1-3H3;(H,5,6,7)/q+1;/p-1. The molecular weight excluding hydrogens is 666 g/mol. The molecule has 0 amide bonds. The summed E-state index contributed by atoms with van der Waals surface area (Å²) in [5.74, 6) is 2.51. The molecule has 0 saturated heterocycles. The minimum atomic E-state index is -6.09. The minimum Gasteiger partial charge on any atom is -0.741 e. The summed E-state index contributed by atoms with van der Waals surface area (Å²) in [4.78, 5) is 11.6. The van der Waals surface area contributed by atoms with Gasteiger partial charge in [-0.3, -0.25) is 9.97 Å². The van der Waals surface area contributed by atoms with E-state index in [-0.39, 0.29) is 5.60 Å². The molecule has 0 atom stereocenters. The second kappa shape index (κ2) is 16.0. The number of hydrogen-bond donors (Lipinski definition) is 0. The summed E-state index contributed by atoms with van der Waals surface area (Å²) in [5, 5.41) is 0. The van der Waals surface area contributed by atoms with Gasteiger partial charge in [-0.15, -0.1) is 0 Å². The maximum Gasteiger partial charge on any atom is 0.485 e.